The summed E-state index contributed by atoms with van der Waals surface area (Å²) in [5.41, 5.74) is 0.613. The molecule has 1 aliphatic rings. The zero-order valence-corrected chi connectivity index (χ0v) is 10.3. The number of aromatic nitrogens is 2. The molecule has 2 heterocycles. The third kappa shape index (κ3) is 2.49. The van der Waals surface area contributed by atoms with Crippen LogP contribution in [-0.4, -0.2) is 44.2 Å². The van der Waals surface area contributed by atoms with Crippen LogP contribution >= 0.6 is 0 Å². The molecule has 5 nitrogen and oxygen atoms in total. The molecule has 2 unspecified atom stereocenters. The first-order valence-corrected chi connectivity index (χ1v) is 6.05. The Hall–Kier alpha value is -1.36. The van der Waals surface area contributed by atoms with E-state index in [2.05, 4.69) is 4.98 Å². The summed E-state index contributed by atoms with van der Waals surface area (Å²) in [6.07, 6.45) is 5.52. The third-order valence-corrected chi connectivity index (χ3v) is 3.29. The van der Waals surface area contributed by atoms with E-state index in [0.29, 0.717) is 12.1 Å². The molecule has 0 aliphatic carbocycles. The van der Waals surface area contributed by atoms with E-state index in [-0.39, 0.29) is 18.1 Å². The van der Waals surface area contributed by atoms with Gasteiger partial charge in [0.15, 0.2) is 0 Å². The predicted octanol–water partition coefficient (Wildman–Crippen LogP) is 0.796. The van der Waals surface area contributed by atoms with Gasteiger partial charge in [0.25, 0.3) is 5.91 Å². The number of aliphatic hydroxyl groups is 1. The van der Waals surface area contributed by atoms with Crippen LogP contribution in [0.4, 0.5) is 0 Å². The SMILES string of the molecule is CC(O)CC1CCCN1C(=O)c1cncn1C. The Kier molecular flexibility index (Phi) is 3.47. The highest BCUT2D eigenvalue weighted by atomic mass is 16.3. The largest absolute Gasteiger partial charge is 0.393 e. The molecule has 1 aromatic rings. The lowest BCUT2D eigenvalue weighted by molar-refractivity contribution is 0.0672. The minimum absolute atomic E-state index is 0.0214. The fourth-order valence-electron chi connectivity index (χ4n) is 2.45. The topological polar surface area (TPSA) is 58.4 Å². The Bertz CT molecular complexity index is 400. The number of aliphatic hydroxyl groups excluding tert-OH is 1. The molecule has 1 aliphatic heterocycles. The van der Waals surface area contributed by atoms with E-state index in [9.17, 15) is 9.90 Å². The summed E-state index contributed by atoms with van der Waals surface area (Å²) in [5, 5.41) is 9.44. The normalized spacial score (nSPS) is 21.8. The lowest BCUT2D eigenvalue weighted by Crippen LogP contribution is -2.38. The molecule has 0 saturated carbocycles. The van der Waals surface area contributed by atoms with E-state index in [0.717, 1.165) is 19.4 Å². The molecule has 2 rings (SSSR count). The molecular weight excluding hydrogens is 218 g/mol. The van der Waals surface area contributed by atoms with Crippen molar-refractivity contribution in [1.82, 2.24) is 14.5 Å². The Labute approximate surface area is 101 Å². The van der Waals surface area contributed by atoms with Gasteiger partial charge < -0.3 is 14.6 Å². The molecular formula is C12H19N3O2. The Morgan fingerprint density at radius 1 is 1.71 bits per heavy atom. The number of amides is 1. The molecule has 1 N–H and O–H groups in total. The van der Waals surface area contributed by atoms with E-state index < -0.39 is 0 Å². The van der Waals surface area contributed by atoms with Gasteiger partial charge in [-0.1, -0.05) is 0 Å². The van der Waals surface area contributed by atoms with Crippen molar-refractivity contribution in [2.24, 2.45) is 7.05 Å². The van der Waals surface area contributed by atoms with Gasteiger partial charge >= 0.3 is 0 Å². The molecule has 0 radical (unpaired) electrons. The molecule has 0 bridgehead atoms. The number of carbonyl (C=O) groups excluding carboxylic acids is 1. The molecule has 0 aromatic carbocycles. The van der Waals surface area contributed by atoms with Gasteiger partial charge in [-0.2, -0.15) is 0 Å². The average Bonchev–Trinajstić information content (AvgIpc) is 2.85. The van der Waals surface area contributed by atoms with Crippen molar-refractivity contribution in [3.05, 3.63) is 18.2 Å². The molecule has 0 spiro atoms. The van der Waals surface area contributed by atoms with Crippen molar-refractivity contribution in [1.29, 1.82) is 0 Å². The highest BCUT2D eigenvalue weighted by Crippen LogP contribution is 2.23. The van der Waals surface area contributed by atoms with Crippen LogP contribution in [0, 0.1) is 0 Å². The highest BCUT2D eigenvalue weighted by molar-refractivity contribution is 5.92. The highest BCUT2D eigenvalue weighted by Gasteiger charge is 2.31. The van der Waals surface area contributed by atoms with E-state index in [1.54, 1.807) is 24.0 Å². The van der Waals surface area contributed by atoms with Crippen LogP contribution in [0.15, 0.2) is 12.5 Å². The van der Waals surface area contributed by atoms with E-state index in [1.165, 1.54) is 0 Å². The molecule has 17 heavy (non-hydrogen) atoms. The molecule has 1 saturated heterocycles. The van der Waals surface area contributed by atoms with Crippen LogP contribution in [0.3, 0.4) is 0 Å². The van der Waals surface area contributed by atoms with E-state index in [4.69, 9.17) is 0 Å². The van der Waals surface area contributed by atoms with Crippen LogP contribution in [0.5, 0.6) is 0 Å². The maximum atomic E-state index is 12.3. The van der Waals surface area contributed by atoms with Gasteiger partial charge in [0.1, 0.15) is 5.69 Å². The lowest BCUT2D eigenvalue weighted by Gasteiger charge is -2.25. The third-order valence-electron chi connectivity index (χ3n) is 3.29. The monoisotopic (exact) mass is 237 g/mol. The van der Waals surface area contributed by atoms with Crippen LogP contribution in [0.1, 0.15) is 36.7 Å². The van der Waals surface area contributed by atoms with Gasteiger partial charge in [-0.15, -0.1) is 0 Å². The summed E-state index contributed by atoms with van der Waals surface area (Å²) in [4.78, 5) is 18.1. The molecule has 1 fully saturated rings. The number of nitrogens with zero attached hydrogens (tertiary/aromatic N) is 3. The standard InChI is InChI=1S/C12H19N3O2/c1-9(16)6-10-4-3-5-15(10)12(17)11-7-13-8-14(11)2/h7-10,16H,3-6H2,1-2H3. The van der Waals surface area contributed by atoms with Crippen molar-refractivity contribution < 1.29 is 9.90 Å². The minimum atomic E-state index is -0.361. The second kappa shape index (κ2) is 4.87. The van der Waals surface area contributed by atoms with Gasteiger partial charge in [-0.25, -0.2) is 4.98 Å². The maximum absolute atomic E-state index is 12.3. The van der Waals surface area contributed by atoms with Crippen molar-refractivity contribution >= 4 is 5.91 Å². The first-order valence-electron chi connectivity index (χ1n) is 6.05. The zero-order valence-electron chi connectivity index (χ0n) is 10.3. The second-order valence-electron chi connectivity index (χ2n) is 4.77. The number of hydrogen-bond donors (Lipinski definition) is 1. The Morgan fingerprint density at radius 3 is 3.06 bits per heavy atom. The molecule has 94 valence electrons. The Balaban J connectivity index is 2.11. The summed E-state index contributed by atoms with van der Waals surface area (Å²) in [7, 11) is 1.82. The van der Waals surface area contributed by atoms with Gasteiger partial charge in [-0.05, 0) is 26.2 Å². The maximum Gasteiger partial charge on any atom is 0.272 e. The van der Waals surface area contributed by atoms with Crippen LogP contribution in [0.25, 0.3) is 0 Å². The smallest absolute Gasteiger partial charge is 0.272 e. The van der Waals surface area contributed by atoms with Crippen LogP contribution in [0.2, 0.25) is 0 Å². The summed E-state index contributed by atoms with van der Waals surface area (Å²) >= 11 is 0. The fourth-order valence-corrected chi connectivity index (χ4v) is 2.45. The average molecular weight is 237 g/mol. The number of likely N-dealkylation sites (tertiary alicyclic amines) is 1. The minimum Gasteiger partial charge on any atom is -0.393 e. The van der Waals surface area contributed by atoms with E-state index in [1.807, 2.05) is 11.9 Å². The zero-order chi connectivity index (χ0) is 12.4. The van der Waals surface area contributed by atoms with Crippen LogP contribution in [-0.2, 0) is 7.05 Å². The first kappa shape index (κ1) is 12.1. The van der Waals surface area contributed by atoms with Crippen molar-refractivity contribution in [2.45, 2.75) is 38.3 Å². The summed E-state index contributed by atoms with van der Waals surface area (Å²) in [6.45, 7) is 2.55. The van der Waals surface area contributed by atoms with Crippen LogP contribution < -0.4 is 0 Å². The molecule has 1 aromatic heterocycles. The van der Waals surface area contributed by atoms with Gasteiger partial charge in [0, 0.05) is 19.6 Å². The van der Waals surface area contributed by atoms with Gasteiger partial charge in [0.2, 0.25) is 0 Å². The second-order valence-corrected chi connectivity index (χ2v) is 4.77. The van der Waals surface area contributed by atoms with Gasteiger partial charge in [-0.3, -0.25) is 4.79 Å². The molecule has 5 heteroatoms. The quantitative estimate of drug-likeness (QED) is 0.845. The van der Waals surface area contributed by atoms with Crippen molar-refractivity contribution in [3.63, 3.8) is 0 Å². The number of rotatable bonds is 3. The number of aryl methyl sites for hydroxylation is 1. The van der Waals surface area contributed by atoms with Crippen molar-refractivity contribution in [3.8, 4) is 0 Å². The number of carbonyl (C=O) groups is 1. The summed E-state index contributed by atoms with van der Waals surface area (Å²) < 4.78 is 1.74. The lowest BCUT2D eigenvalue weighted by atomic mass is 10.1. The predicted molar refractivity (Wildman–Crippen MR) is 63.6 cm³/mol. The number of imidazole rings is 1. The summed E-state index contributed by atoms with van der Waals surface area (Å²) in [6, 6.07) is 0.164. The Morgan fingerprint density at radius 2 is 2.47 bits per heavy atom. The summed E-state index contributed by atoms with van der Waals surface area (Å²) in [5.74, 6) is 0.0214. The molecule has 1 amide bonds. The molecule has 2 atom stereocenters. The van der Waals surface area contributed by atoms with E-state index >= 15 is 0 Å². The number of hydrogen-bond acceptors (Lipinski definition) is 3. The van der Waals surface area contributed by atoms with Gasteiger partial charge in [0.05, 0.1) is 18.6 Å². The van der Waals surface area contributed by atoms with Crippen molar-refractivity contribution in [2.75, 3.05) is 6.54 Å². The fraction of sp³-hybridized carbons (Fsp3) is 0.667. The first-order chi connectivity index (χ1) is 8.09.